The first kappa shape index (κ1) is 17.8. The summed E-state index contributed by atoms with van der Waals surface area (Å²) in [7, 11) is 0. The zero-order valence-electron chi connectivity index (χ0n) is 13.9. The number of nitrogens with zero attached hydrogens (tertiary/aromatic N) is 2. The molecule has 0 aromatic heterocycles. The molecule has 2 N–H and O–H groups in total. The summed E-state index contributed by atoms with van der Waals surface area (Å²) in [6.45, 7) is 7.48. The van der Waals surface area contributed by atoms with E-state index in [-0.39, 0.29) is 24.1 Å². The van der Waals surface area contributed by atoms with Crippen LogP contribution in [-0.2, 0) is 6.61 Å². The van der Waals surface area contributed by atoms with Crippen LogP contribution in [-0.4, -0.2) is 63.7 Å². The smallest absolute Gasteiger partial charge is 0.254 e. The zero-order valence-corrected chi connectivity index (χ0v) is 13.9. The van der Waals surface area contributed by atoms with Crippen LogP contribution in [0.2, 0.25) is 0 Å². The minimum atomic E-state index is -0.774. The molecule has 1 aliphatic heterocycles. The van der Waals surface area contributed by atoms with Crippen molar-refractivity contribution in [3.05, 3.63) is 35.1 Å². The highest BCUT2D eigenvalue weighted by Crippen LogP contribution is 2.17. The number of carbonyl (C=O) groups excluding carboxylic acids is 1. The van der Waals surface area contributed by atoms with E-state index in [9.17, 15) is 14.3 Å². The van der Waals surface area contributed by atoms with Crippen LogP contribution in [0.1, 0.15) is 36.7 Å². The van der Waals surface area contributed by atoms with Crippen LogP contribution in [0.25, 0.3) is 0 Å². The van der Waals surface area contributed by atoms with Gasteiger partial charge in [-0.15, -0.1) is 0 Å². The molecule has 128 valence electrons. The third-order valence-corrected chi connectivity index (χ3v) is 4.11. The molecule has 1 fully saturated rings. The van der Waals surface area contributed by atoms with E-state index in [4.69, 9.17) is 5.11 Å². The largest absolute Gasteiger partial charge is 0.392 e. The molecular weight excluding hydrogens is 299 g/mol. The van der Waals surface area contributed by atoms with Crippen molar-refractivity contribution in [2.45, 2.75) is 39.0 Å². The Morgan fingerprint density at radius 2 is 2.09 bits per heavy atom. The van der Waals surface area contributed by atoms with Crippen molar-refractivity contribution < 1.29 is 19.4 Å². The summed E-state index contributed by atoms with van der Waals surface area (Å²) in [5.41, 5.74) is -0.295. The molecule has 1 atom stereocenters. The maximum absolute atomic E-state index is 13.7. The lowest BCUT2D eigenvalue weighted by molar-refractivity contribution is -0.00145. The Morgan fingerprint density at radius 1 is 1.39 bits per heavy atom. The third kappa shape index (κ3) is 4.50. The Balaban J connectivity index is 2.04. The number of aliphatic hydroxyl groups excluding tert-OH is 1. The van der Waals surface area contributed by atoms with Crippen LogP contribution in [0.15, 0.2) is 18.2 Å². The Morgan fingerprint density at radius 3 is 2.61 bits per heavy atom. The van der Waals surface area contributed by atoms with Gasteiger partial charge in [0.1, 0.15) is 5.82 Å². The molecule has 1 aromatic rings. The molecule has 1 aromatic carbocycles. The van der Waals surface area contributed by atoms with Gasteiger partial charge in [0.2, 0.25) is 0 Å². The number of halogens is 1. The number of benzene rings is 1. The van der Waals surface area contributed by atoms with E-state index in [1.54, 1.807) is 24.8 Å². The molecular formula is C17H25FN2O3. The summed E-state index contributed by atoms with van der Waals surface area (Å²) in [6, 6.07) is 4.30. The van der Waals surface area contributed by atoms with Gasteiger partial charge < -0.3 is 15.1 Å². The van der Waals surface area contributed by atoms with E-state index in [1.807, 2.05) is 6.92 Å². The minimum absolute atomic E-state index is 0.126. The highest BCUT2D eigenvalue weighted by Gasteiger charge is 2.30. The number of hydrogen-bond acceptors (Lipinski definition) is 4. The van der Waals surface area contributed by atoms with E-state index in [2.05, 4.69) is 4.90 Å². The van der Waals surface area contributed by atoms with Crippen LogP contribution < -0.4 is 0 Å². The Kier molecular flexibility index (Phi) is 5.39. The van der Waals surface area contributed by atoms with Crippen molar-refractivity contribution in [3.63, 3.8) is 0 Å². The Bertz CT molecular complexity index is 571. The van der Waals surface area contributed by atoms with Crippen LogP contribution in [0, 0.1) is 5.82 Å². The predicted octanol–water partition coefficient (Wildman–Crippen LogP) is 1.24. The molecule has 0 spiro atoms. The van der Waals surface area contributed by atoms with Gasteiger partial charge in [-0.2, -0.15) is 0 Å². The van der Waals surface area contributed by atoms with Gasteiger partial charge in [0, 0.05) is 43.3 Å². The second-order valence-electron chi connectivity index (χ2n) is 6.85. The van der Waals surface area contributed by atoms with Crippen LogP contribution in [0.4, 0.5) is 4.39 Å². The average Bonchev–Trinajstić information content (AvgIpc) is 2.47. The van der Waals surface area contributed by atoms with Gasteiger partial charge in [-0.3, -0.25) is 9.69 Å². The van der Waals surface area contributed by atoms with Crippen LogP contribution >= 0.6 is 0 Å². The third-order valence-electron chi connectivity index (χ3n) is 4.11. The van der Waals surface area contributed by atoms with Crippen LogP contribution in [0.5, 0.6) is 0 Å². The molecule has 1 unspecified atom stereocenters. The fourth-order valence-corrected chi connectivity index (χ4v) is 2.90. The normalized spacial score (nSPS) is 19.9. The van der Waals surface area contributed by atoms with Gasteiger partial charge in [-0.25, -0.2) is 4.39 Å². The SMILES string of the molecule is CC1CN(C(=O)c2ccc(CO)c(F)c2)CCN1CC(C)(C)O. The first-order valence-corrected chi connectivity index (χ1v) is 7.86. The van der Waals surface area contributed by atoms with Gasteiger partial charge in [0.15, 0.2) is 0 Å². The van der Waals surface area contributed by atoms with Gasteiger partial charge >= 0.3 is 0 Å². The maximum Gasteiger partial charge on any atom is 0.254 e. The maximum atomic E-state index is 13.7. The first-order chi connectivity index (χ1) is 10.7. The van der Waals surface area contributed by atoms with Gasteiger partial charge in [-0.05, 0) is 32.9 Å². The molecule has 0 aliphatic carbocycles. The lowest BCUT2D eigenvalue weighted by atomic mass is 10.1. The molecule has 0 bridgehead atoms. The quantitative estimate of drug-likeness (QED) is 0.874. The molecule has 6 heteroatoms. The highest BCUT2D eigenvalue weighted by atomic mass is 19.1. The number of piperazine rings is 1. The van der Waals surface area contributed by atoms with Crippen molar-refractivity contribution in [2.75, 3.05) is 26.2 Å². The van der Waals surface area contributed by atoms with Gasteiger partial charge in [0.05, 0.1) is 12.2 Å². The molecule has 2 rings (SSSR count). The second kappa shape index (κ2) is 6.95. The number of carbonyl (C=O) groups is 1. The van der Waals surface area contributed by atoms with Crippen LogP contribution in [0.3, 0.4) is 0 Å². The van der Waals surface area contributed by atoms with Crippen molar-refractivity contribution in [2.24, 2.45) is 0 Å². The summed E-state index contributed by atoms with van der Waals surface area (Å²) in [5, 5.41) is 18.9. The first-order valence-electron chi connectivity index (χ1n) is 7.86. The van der Waals surface area contributed by atoms with E-state index in [0.29, 0.717) is 31.7 Å². The highest BCUT2D eigenvalue weighted by molar-refractivity contribution is 5.94. The summed E-state index contributed by atoms with van der Waals surface area (Å²) in [6.07, 6.45) is 0. The monoisotopic (exact) mass is 324 g/mol. The van der Waals surface area contributed by atoms with E-state index < -0.39 is 11.4 Å². The molecule has 23 heavy (non-hydrogen) atoms. The van der Waals surface area contributed by atoms with E-state index in [1.165, 1.54) is 12.1 Å². The topological polar surface area (TPSA) is 64.0 Å². The molecule has 5 nitrogen and oxygen atoms in total. The average molecular weight is 324 g/mol. The zero-order chi connectivity index (χ0) is 17.2. The van der Waals surface area contributed by atoms with Crippen molar-refractivity contribution in [1.82, 2.24) is 9.80 Å². The molecule has 0 saturated carbocycles. The van der Waals surface area contributed by atoms with Crippen molar-refractivity contribution in [3.8, 4) is 0 Å². The summed E-state index contributed by atoms with van der Waals surface area (Å²) in [4.78, 5) is 16.4. The Labute approximate surface area is 136 Å². The number of aliphatic hydroxyl groups is 2. The molecule has 1 heterocycles. The molecule has 0 radical (unpaired) electrons. The summed E-state index contributed by atoms with van der Waals surface area (Å²) < 4.78 is 13.7. The Hall–Kier alpha value is -1.50. The number of rotatable bonds is 4. The number of β-amino-alcohol motifs (C(OH)–C–C–N with tert-alkyl or cyclic N) is 1. The standard InChI is InChI=1S/C17H25FN2O3/c1-12-9-19(6-7-20(12)11-17(2,3)23)16(22)13-4-5-14(10-21)15(18)8-13/h4-5,8,12,21,23H,6-7,9-11H2,1-3H3. The summed E-state index contributed by atoms with van der Waals surface area (Å²) >= 11 is 0. The fourth-order valence-electron chi connectivity index (χ4n) is 2.90. The summed E-state index contributed by atoms with van der Waals surface area (Å²) in [5.74, 6) is -0.768. The molecule has 1 amide bonds. The van der Waals surface area contributed by atoms with E-state index in [0.717, 1.165) is 0 Å². The van der Waals surface area contributed by atoms with Gasteiger partial charge in [-0.1, -0.05) is 6.07 Å². The lowest BCUT2D eigenvalue weighted by Crippen LogP contribution is -2.56. The predicted molar refractivity (Wildman–Crippen MR) is 85.6 cm³/mol. The fraction of sp³-hybridized carbons (Fsp3) is 0.588. The van der Waals surface area contributed by atoms with Crippen molar-refractivity contribution >= 4 is 5.91 Å². The second-order valence-corrected chi connectivity index (χ2v) is 6.85. The number of amides is 1. The molecule has 1 saturated heterocycles. The molecule has 1 aliphatic rings. The van der Waals surface area contributed by atoms with E-state index >= 15 is 0 Å². The lowest BCUT2D eigenvalue weighted by Gasteiger charge is -2.42. The number of hydrogen-bond donors (Lipinski definition) is 2. The van der Waals surface area contributed by atoms with Crippen molar-refractivity contribution in [1.29, 1.82) is 0 Å². The minimum Gasteiger partial charge on any atom is -0.392 e. The van der Waals surface area contributed by atoms with Gasteiger partial charge in [0.25, 0.3) is 5.91 Å².